The largest absolute Gasteiger partial charge is 0.504 e. The highest BCUT2D eigenvalue weighted by molar-refractivity contribution is 14.1. The number of aromatic nitrogens is 1. The number of nitrogens with one attached hydrogen (secondary N) is 1. The molecule has 0 aliphatic carbocycles. The number of pyridine rings is 1. The average Bonchev–Trinajstić information content (AvgIpc) is 2.51. The highest BCUT2D eigenvalue weighted by Crippen LogP contribution is 2.31. The summed E-state index contributed by atoms with van der Waals surface area (Å²) in [5, 5.41) is 13.6. The van der Waals surface area contributed by atoms with Gasteiger partial charge in [-0.1, -0.05) is 0 Å². The molecule has 0 fully saturated rings. The Morgan fingerprint density at radius 3 is 3.00 bits per heavy atom. The fourth-order valence-corrected chi connectivity index (χ4v) is 2.18. The lowest BCUT2D eigenvalue weighted by molar-refractivity contribution is 0.0955. The minimum Gasteiger partial charge on any atom is -0.504 e. The van der Waals surface area contributed by atoms with Crippen molar-refractivity contribution < 1.29 is 14.6 Å². The normalized spacial score (nSPS) is 10.6. The van der Waals surface area contributed by atoms with Crippen molar-refractivity contribution in [3.63, 3.8) is 0 Å². The molecule has 0 saturated heterocycles. The van der Waals surface area contributed by atoms with E-state index < -0.39 is 0 Å². The molecule has 2 N–H and O–H groups in total. The second-order valence-corrected chi connectivity index (χ2v) is 5.16. The van der Waals surface area contributed by atoms with Gasteiger partial charge in [0.05, 0.1) is 22.5 Å². The number of hydrazone groups is 1. The molecule has 0 spiro atoms. The summed E-state index contributed by atoms with van der Waals surface area (Å²) in [4.78, 5) is 15.6. The molecule has 1 aromatic carbocycles. The number of nitrogens with zero attached hydrogens (tertiary/aromatic N) is 2. The highest BCUT2D eigenvalue weighted by atomic mass is 127. The van der Waals surface area contributed by atoms with E-state index in [9.17, 15) is 9.90 Å². The van der Waals surface area contributed by atoms with Crippen LogP contribution >= 0.6 is 22.6 Å². The molecule has 0 radical (unpaired) electrons. The van der Waals surface area contributed by atoms with Crippen LogP contribution in [0.25, 0.3) is 0 Å². The Balaban J connectivity index is 2.08. The number of hydrogen-bond acceptors (Lipinski definition) is 5. The van der Waals surface area contributed by atoms with Crippen LogP contribution in [0.3, 0.4) is 0 Å². The topological polar surface area (TPSA) is 83.8 Å². The number of benzene rings is 1. The first-order chi connectivity index (χ1) is 10.1. The van der Waals surface area contributed by atoms with Gasteiger partial charge in [0.1, 0.15) is 0 Å². The third-order valence-corrected chi connectivity index (χ3v) is 3.40. The molecule has 6 nitrogen and oxygen atoms in total. The zero-order chi connectivity index (χ0) is 15.2. The van der Waals surface area contributed by atoms with Gasteiger partial charge in [-0.05, 0) is 52.4 Å². The second-order valence-electron chi connectivity index (χ2n) is 3.99. The van der Waals surface area contributed by atoms with Crippen molar-refractivity contribution in [1.29, 1.82) is 0 Å². The number of rotatable bonds is 4. The van der Waals surface area contributed by atoms with Gasteiger partial charge in [0.2, 0.25) is 0 Å². The first-order valence-corrected chi connectivity index (χ1v) is 6.99. The SMILES string of the molecule is COc1cc(/C=N\NC(=O)c2cccnc2)cc(I)c1O. The average molecular weight is 397 g/mol. The van der Waals surface area contributed by atoms with E-state index in [1.807, 2.05) is 22.6 Å². The van der Waals surface area contributed by atoms with Crippen molar-refractivity contribution in [3.05, 3.63) is 51.4 Å². The van der Waals surface area contributed by atoms with Crippen molar-refractivity contribution in [2.45, 2.75) is 0 Å². The van der Waals surface area contributed by atoms with E-state index in [0.717, 1.165) is 0 Å². The van der Waals surface area contributed by atoms with Crippen LogP contribution in [-0.2, 0) is 0 Å². The molecule has 0 bridgehead atoms. The number of aromatic hydroxyl groups is 1. The van der Waals surface area contributed by atoms with Crippen molar-refractivity contribution in [3.8, 4) is 11.5 Å². The zero-order valence-corrected chi connectivity index (χ0v) is 13.2. The van der Waals surface area contributed by atoms with E-state index >= 15 is 0 Å². The van der Waals surface area contributed by atoms with Crippen molar-refractivity contribution in [2.24, 2.45) is 5.10 Å². The summed E-state index contributed by atoms with van der Waals surface area (Å²) in [5.74, 6) is 0.0800. The van der Waals surface area contributed by atoms with Gasteiger partial charge < -0.3 is 9.84 Å². The summed E-state index contributed by atoms with van der Waals surface area (Å²) < 4.78 is 5.68. The summed E-state index contributed by atoms with van der Waals surface area (Å²) in [6.45, 7) is 0. The lowest BCUT2D eigenvalue weighted by atomic mass is 10.2. The number of carbonyl (C=O) groups excluding carboxylic acids is 1. The van der Waals surface area contributed by atoms with Crippen LogP contribution in [0, 0.1) is 3.57 Å². The molecule has 0 atom stereocenters. The maximum absolute atomic E-state index is 11.7. The van der Waals surface area contributed by atoms with E-state index in [1.54, 1.807) is 30.5 Å². The zero-order valence-electron chi connectivity index (χ0n) is 11.1. The molecule has 1 heterocycles. The minimum absolute atomic E-state index is 0.0784. The summed E-state index contributed by atoms with van der Waals surface area (Å²) in [6, 6.07) is 6.66. The molecule has 1 aromatic heterocycles. The Morgan fingerprint density at radius 2 is 2.33 bits per heavy atom. The van der Waals surface area contributed by atoms with Crippen LogP contribution in [0.15, 0.2) is 41.8 Å². The fourth-order valence-electron chi connectivity index (χ4n) is 1.55. The number of ether oxygens (including phenoxy) is 1. The van der Waals surface area contributed by atoms with E-state index in [4.69, 9.17) is 4.74 Å². The third kappa shape index (κ3) is 3.91. The van der Waals surface area contributed by atoms with Crippen LogP contribution in [0.2, 0.25) is 0 Å². The molecule has 1 amide bonds. The molecule has 0 aliphatic heterocycles. The molecule has 2 aromatic rings. The molecule has 0 unspecified atom stereocenters. The van der Waals surface area contributed by atoms with Gasteiger partial charge in [0, 0.05) is 12.4 Å². The molecular formula is C14H12IN3O3. The van der Waals surface area contributed by atoms with E-state index in [0.29, 0.717) is 20.4 Å². The maximum Gasteiger partial charge on any atom is 0.272 e. The van der Waals surface area contributed by atoms with Crippen molar-refractivity contribution in [1.82, 2.24) is 10.4 Å². The Morgan fingerprint density at radius 1 is 1.52 bits per heavy atom. The number of phenols is 1. The maximum atomic E-state index is 11.7. The Bertz CT molecular complexity index is 675. The molecule has 7 heteroatoms. The van der Waals surface area contributed by atoms with Crippen LogP contribution in [0.1, 0.15) is 15.9 Å². The first-order valence-electron chi connectivity index (χ1n) is 5.91. The van der Waals surface area contributed by atoms with E-state index in [2.05, 4.69) is 15.5 Å². The summed E-state index contributed by atoms with van der Waals surface area (Å²) in [6.07, 6.45) is 4.51. The Labute approximate surface area is 135 Å². The highest BCUT2D eigenvalue weighted by Gasteiger charge is 2.07. The number of methoxy groups -OCH3 is 1. The van der Waals surface area contributed by atoms with Crippen molar-refractivity contribution in [2.75, 3.05) is 7.11 Å². The quantitative estimate of drug-likeness (QED) is 0.471. The molecular weight excluding hydrogens is 385 g/mol. The number of carbonyl (C=O) groups is 1. The van der Waals surface area contributed by atoms with Gasteiger partial charge in [-0.3, -0.25) is 9.78 Å². The van der Waals surface area contributed by atoms with Gasteiger partial charge in [-0.25, -0.2) is 5.43 Å². The van der Waals surface area contributed by atoms with E-state index in [1.165, 1.54) is 19.5 Å². The monoisotopic (exact) mass is 397 g/mol. The molecule has 0 saturated carbocycles. The number of amides is 1. The number of phenolic OH excluding ortho intramolecular Hbond substituents is 1. The fraction of sp³-hybridized carbons (Fsp3) is 0.0714. The van der Waals surface area contributed by atoms with Crippen LogP contribution in [-0.4, -0.2) is 29.3 Å². The number of halogens is 1. The summed E-state index contributed by atoms with van der Waals surface area (Å²) in [7, 11) is 1.47. The Kier molecular flexibility index (Phi) is 5.09. The lowest BCUT2D eigenvalue weighted by Crippen LogP contribution is -2.17. The molecule has 21 heavy (non-hydrogen) atoms. The first kappa shape index (κ1) is 15.2. The van der Waals surface area contributed by atoms with Crippen LogP contribution in [0.5, 0.6) is 11.5 Å². The van der Waals surface area contributed by atoms with Gasteiger partial charge in [-0.15, -0.1) is 0 Å². The van der Waals surface area contributed by atoms with Gasteiger partial charge >= 0.3 is 0 Å². The second kappa shape index (κ2) is 7.02. The van der Waals surface area contributed by atoms with Crippen LogP contribution in [0.4, 0.5) is 0 Å². The predicted octanol–water partition coefficient (Wildman–Crippen LogP) is 2.16. The lowest BCUT2D eigenvalue weighted by Gasteiger charge is -2.06. The van der Waals surface area contributed by atoms with Gasteiger partial charge in [0.25, 0.3) is 5.91 Å². The smallest absolute Gasteiger partial charge is 0.272 e. The molecule has 0 aliphatic rings. The Hall–Kier alpha value is -2.16. The number of hydrogen-bond donors (Lipinski definition) is 2. The summed E-state index contributed by atoms with van der Waals surface area (Å²) in [5.41, 5.74) is 3.52. The third-order valence-electron chi connectivity index (χ3n) is 2.57. The predicted molar refractivity (Wildman–Crippen MR) is 86.7 cm³/mol. The molecule has 2 rings (SSSR count). The van der Waals surface area contributed by atoms with Gasteiger partial charge in [-0.2, -0.15) is 5.10 Å². The van der Waals surface area contributed by atoms with Gasteiger partial charge in [0.15, 0.2) is 11.5 Å². The standard InChI is InChI=1S/C14H12IN3O3/c1-21-12-6-9(5-11(15)13(12)19)7-17-18-14(20)10-3-2-4-16-8-10/h2-8,19H,1H3,(H,18,20)/b17-7-. The minimum atomic E-state index is -0.347. The molecule has 108 valence electrons. The van der Waals surface area contributed by atoms with Crippen LogP contribution < -0.4 is 10.2 Å². The summed E-state index contributed by atoms with van der Waals surface area (Å²) >= 11 is 1.99. The van der Waals surface area contributed by atoms with E-state index in [-0.39, 0.29) is 11.7 Å². The van der Waals surface area contributed by atoms with Crippen molar-refractivity contribution >= 4 is 34.7 Å².